The third kappa shape index (κ3) is 5.78. The topological polar surface area (TPSA) is 82.0 Å². The first kappa shape index (κ1) is 18.2. The van der Waals surface area contributed by atoms with Gasteiger partial charge in [-0.15, -0.1) is 0 Å². The summed E-state index contributed by atoms with van der Waals surface area (Å²) in [4.78, 5) is 23.9. The number of amides is 2. The van der Waals surface area contributed by atoms with E-state index in [4.69, 9.17) is 5.26 Å². The van der Waals surface area contributed by atoms with Crippen LogP contribution in [0, 0.1) is 11.3 Å². The lowest BCUT2D eigenvalue weighted by atomic mass is 10.1. The van der Waals surface area contributed by atoms with Crippen LogP contribution in [0.2, 0.25) is 0 Å². The highest BCUT2D eigenvalue weighted by molar-refractivity contribution is 5.94. The number of rotatable bonds is 7. The van der Waals surface area contributed by atoms with Crippen LogP contribution < -0.4 is 10.6 Å². The van der Waals surface area contributed by atoms with Crippen molar-refractivity contribution in [3.05, 3.63) is 71.3 Å². The van der Waals surface area contributed by atoms with E-state index < -0.39 is 0 Å². The van der Waals surface area contributed by atoms with Gasteiger partial charge in [-0.1, -0.05) is 30.3 Å². The Morgan fingerprint density at radius 2 is 1.76 bits per heavy atom. The van der Waals surface area contributed by atoms with Gasteiger partial charge in [0.1, 0.15) is 0 Å². The number of carbonyl (C=O) groups excluding carboxylic acids is 2. The van der Waals surface area contributed by atoms with Crippen LogP contribution in [0.3, 0.4) is 0 Å². The molecule has 0 bridgehead atoms. The fraction of sp³-hybridized carbons (Fsp3) is 0.250. The highest BCUT2D eigenvalue weighted by atomic mass is 16.2. The van der Waals surface area contributed by atoms with Crippen molar-refractivity contribution in [1.82, 2.24) is 10.6 Å². The van der Waals surface area contributed by atoms with Crippen molar-refractivity contribution in [2.45, 2.75) is 25.8 Å². The Kier molecular flexibility index (Phi) is 6.73. The smallest absolute Gasteiger partial charge is 0.251 e. The standard InChI is InChI=1S/C20H21N3O2/c1-15(17-11-9-16(14-21)10-12-17)23-19(24)8-5-13-22-20(25)18-6-3-2-4-7-18/h2-4,6-7,9-12,15H,5,8,13H2,1H3,(H,22,25)(H,23,24). The van der Waals surface area contributed by atoms with Crippen molar-refractivity contribution >= 4 is 11.8 Å². The molecule has 1 atom stereocenters. The zero-order valence-corrected chi connectivity index (χ0v) is 14.2. The predicted molar refractivity (Wildman–Crippen MR) is 95.7 cm³/mol. The van der Waals surface area contributed by atoms with E-state index in [1.165, 1.54) is 0 Å². The lowest BCUT2D eigenvalue weighted by Crippen LogP contribution is -2.29. The Morgan fingerprint density at radius 1 is 1.08 bits per heavy atom. The van der Waals surface area contributed by atoms with Gasteiger partial charge < -0.3 is 10.6 Å². The first-order chi connectivity index (χ1) is 12.1. The molecule has 0 aliphatic rings. The van der Waals surface area contributed by atoms with Gasteiger partial charge >= 0.3 is 0 Å². The number of nitriles is 1. The lowest BCUT2D eigenvalue weighted by Gasteiger charge is -2.14. The van der Waals surface area contributed by atoms with Crippen molar-refractivity contribution in [2.75, 3.05) is 6.54 Å². The predicted octanol–water partition coefficient (Wildman–Crippen LogP) is 2.95. The van der Waals surface area contributed by atoms with Gasteiger partial charge in [-0.3, -0.25) is 9.59 Å². The second kappa shape index (κ2) is 9.24. The molecule has 0 heterocycles. The maximum atomic E-state index is 12.0. The summed E-state index contributed by atoms with van der Waals surface area (Å²) in [7, 11) is 0. The molecular formula is C20H21N3O2. The number of hydrogen-bond acceptors (Lipinski definition) is 3. The van der Waals surface area contributed by atoms with E-state index in [0.29, 0.717) is 30.5 Å². The molecule has 2 N–H and O–H groups in total. The average Bonchev–Trinajstić information content (AvgIpc) is 2.65. The van der Waals surface area contributed by atoms with E-state index >= 15 is 0 Å². The summed E-state index contributed by atoms with van der Waals surface area (Å²) in [6.07, 6.45) is 0.917. The average molecular weight is 335 g/mol. The van der Waals surface area contributed by atoms with Crippen LogP contribution in [0.25, 0.3) is 0 Å². The second-order valence-electron chi connectivity index (χ2n) is 5.75. The second-order valence-corrected chi connectivity index (χ2v) is 5.75. The van der Waals surface area contributed by atoms with Crippen molar-refractivity contribution in [1.29, 1.82) is 5.26 Å². The van der Waals surface area contributed by atoms with Gasteiger partial charge in [0.2, 0.25) is 5.91 Å². The molecule has 2 amide bonds. The maximum absolute atomic E-state index is 12.0. The SMILES string of the molecule is CC(NC(=O)CCCNC(=O)c1ccccc1)c1ccc(C#N)cc1. The summed E-state index contributed by atoms with van der Waals surface area (Å²) in [5.41, 5.74) is 2.16. The molecule has 2 aromatic rings. The normalized spacial score (nSPS) is 11.2. The molecule has 0 spiro atoms. The van der Waals surface area contributed by atoms with Crippen LogP contribution in [0.5, 0.6) is 0 Å². The first-order valence-electron chi connectivity index (χ1n) is 8.23. The number of nitrogens with one attached hydrogen (secondary N) is 2. The Balaban J connectivity index is 1.69. The van der Waals surface area contributed by atoms with E-state index in [0.717, 1.165) is 5.56 Å². The van der Waals surface area contributed by atoms with Crippen LogP contribution in [-0.4, -0.2) is 18.4 Å². The molecule has 0 aromatic heterocycles. The molecule has 0 aliphatic heterocycles. The lowest BCUT2D eigenvalue weighted by molar-refractivity contribution is -0.121. The molecule has 0 saturated heterocycles. The molecule has 2 rings (SSSR count). The fourth-order valence-corrected chi connectivity index (χ4v) is 2.39. The minimum Gasteiger partial charge on any atom is -0.352 e. The van der Waals surface area contributed by atoms with Crippen LogP contribution in [-0.2, 0) is 4.79 Å². The summed E-state index contributed by atoms with van der Waals surface area (Å²) in [5, 5.41) is 14.5. The molecular weight excluding hydrogens is 314 g/mol. The molecule has 0 fully saturated rings. The van der Waals surface area contributed by atoms with Gasteiger partial charge in [0.25, 0.3) is 5.91 Å². The van der Waals surface area contributed by atoms with Crippen LogP contribution in [0.1, 0.15) is 47.3 Å². The Labute approximate surface area is 147 Å². The van der Waals surface area contributed by atoms with Crippen molar-refractivity contribution in [2.24, 2.45) is 0 Å². The largest absolute Gasteiger partial charge is 0.352 e. The number of hydrogen-bond donors (Lipinski definition) is 2. The van der Waals surface area contributed by atoms with Gasteiger partial charge in [-0.25, -0.2) is 0 Å². The molecule has 25 heavy (non-hydrogen) atoms. The van der Waals surface area contributed by atoms with Gasteiger partial charge in [-0.05, 0) is 43.2 Å². The van der Waals surface area contributed by atoms with E-state index in [-0.39, 0.29) is 17.9 Å². The number of carbonyl (C=O) groups is 2. The minimum absolute atomic E-state index is 0.0641. The van der Waals surface area contributed by atoms with E-state index in [1.54, 1.807) is 24.3 Å². The minimum atomic E-state index is -0.132. The summed E-state index contributed by atoms with van der Waals surface area (Å²) < 4.78 is 0. The van der Waals surface area contributed by atoms with Crippen LogP contribution in [0.4, 0.5) is 0 Å². The Bertz CT molecular complexity index is 749. The van der Waals surface area contributed by atoms with Gasteiger partial charge in [-0.2, -0.15) is 5.26 Å². The third-order valence-electron chi connectivity index (χ3n) is 3.82. The van der Waals surface area contributed by atoms with Gasteiger partial charge in [0.15, 0.2) is 0 Å². The zero-order valence-electron chi connectivity index (χ0n) is 14.2. The van der Waals surface area contributed by atoms with Gasteiger partial charge in [0, 0.05) is 18.5 Å². The highest BCUT2D eigenvalue weighted by Gasteiger charge is 2.10. The summed E-state index contributed by atoms with van der Waals surface area (Å²) in [5.74, 6) is -0.197. The first-order valence-corrected chi connectivity index (χ1v) is 8.23. The molecule has 0 radical (unpaired) electrons. The van der Waals surface area contributed by atoms with E-state index in [9.17, 15) is 9.59 Å². The van der Waals surface area contributed by atoms with E-state index in [1.807, 2.05) is 37.3 Å². The van der Waals surface area contributed by atoms with Crippen molar-refractivity contribution in [3.63, 3.8) is 0 Å². The van der Waals surface area contributed by atoms with Crippen LogP contribution >= 0.6 is 0 Å². The molecule has 0 aliphatic carbocycles. The summed E-state index contributed by atoms with van der Waals surface area (Å²) >= 11 is 0. The molecule has 0 saturated carbocycles. The monoisotopic (exact) mass is 335 g/mol. The van der Waals surface area contributed by atoms with Crippen LogP contribution in [0.15, 0.2) is 54.6 Å². The number of nitrogens with zero attached hydrogens (tertiary/aromatic N) is 1. The van der Waals surface area contributed by atoms with Crippen molar-refractivity contribution < 1.29 is 9.59 Å². The quantitative estimate of drug-likeness (QED) is 0.763. The molecule has 5 heteroatoms. The summed E-state index contributed by atoms with van der Waals surface area (Å²) in [6, 6.07) is 18.1. The molecule has 5 nitrogen and oxygen atoms in total. The fourth-order valence-electron chi connectivity index (χ4n) is 2.39. The molecule has 1 unspecified atom stereocenters. The summed E-state index contributed by atoms with van der Waals surface area (Å²) in [6.45, 7) is 2.35. The van der Waals surface area contributed by atoms with Gasteiger partial charge in [0.05, 0.1) is 17.7 Å². The zero-order chi connectivity index (χ0) is 18.1. The van der Waals surface area contributed by atoms with E-state index in [2.05, 4.69) is 16.7 Å². The number of benzene rings is 2. The molecule has 2 aromatic carbocycles. The Hall–Kier alpha value is -3.13. The third-order valence-corrected chi connectivity index (χ3v) is 3.82. The molecule has 128 valence electrons. The maximum Gasteiger partial charge on any atom is 0.251 e. The Morgan fingerprint density at radius 3 is 2.40 bits per heavy atom. The highest BCUT2D eigenvalue weighted by Crippen LogP contribution is 2.13. The van der Waals surface area contributed by atoms with Crippen molar-refractivity contribution in [3.8, 4) is 6.07 Å².